The van der Waals surface area contributed by atoms with Gasteiger partial charge in [0.1, 0.15) is 4.75 Å². The molecule has 4 heterocycles. The van der Waals surface area contributed by atoms with Crippen LogP contribution in [-0.4, -0.2) is 79.8 Å². The quantitative estimate of drug-likeness (QED) is 0.735. The number of anilines is 1. The summed E-state index contributed by atoms with van der Waals surface area (Å²) in [4.78, 5) is 19.4. The van der Waals surface area contributed by atoms with Gasteiger partial charge in [-0.15, -0.1) is 0 Å². The van der Waals surface area contributed by atoms with Gasteiger partial charge in [-0.2, -0.15) is 0 Å². The molecule has 0 aliphatic carbocycles. The summed E-state index contributed by atoms with van der Waals surface area (Å²) in [6.45, 7) is 11.4. The van der Waals surface area contributed by atoms with Crippen LogP contribution in [0.2, 0.25) is 0 Å². The van der Waals surface area contributed by atoms with Crippen molar-refractivity contribution in [3.8, 4) is 0 Å². The molecule has 0 radical (unpaired) electrons. The van der Waals surface area contributed by atoms with E-state index in [4.69, 9.17) is 0 Å². The van der Waals surface area contributed by atoms with Crippen LogP contribution >= 0.6 is 0 Å². The third kappa shape index (κ3) is 3.26. The van der Waals surface area contributed by atoms with Gasteiger partial charge in [0.15, 0.2) is 5.78 Å². The standard InChI is InChI=1S/C20H30N4O3S/c1-16-5-7-17(8-6-16)24(9-18(25)19(2,3)4)28(26,27)20-10-21-13-22(11-20)15-23(12-20)14-21/h5-8H,9-15H2,1-4H3. The van der Waals surface area contributed by atoms with E-state index in [-0.39, 0.29) is 12.3 Å². The van der Waals surface area contributed by atoms with Crippen LogP contribution in [0.15, 0.2) is 24.3 Å². The first-order chi connectivity index (χ1) is 13.0. The lowest BCUT2D eigenvalue weighted by Crippen LogP contribution is -2.79. The number of aryl methyl sites for hydroxylation is 1. The van der Waals surface area contributed by atoms with E-state index in [2.05, 4.69) is 14.7 Å². The summed E-state index contributed by atoms with van der Waals surface area (Å²) in [7, 11) is -3.75. The lowest BCUT2D eigenvalue weighted by molar-refractivity contribution is -0.124. The molecule has 0 amide bonds. The number of sulfonamides is 1. The van der Waals surface area contributed by atoms with Gasteiger partial charge in [0.2, 0.25) is 10.0 Å². The van der Waals surface area contributed by atoms with Crippen molar-refractivity contribution in [1.82, 2.24) is 14.7 Å². The molecule has 28 heavy (non-hydrogen) atoms. The Hall–Kier alpha value is -1.48. The number of hydrogen-bond donors (Lipinski definition) is 0. The first-order valence-corrected chi connectivity index (χ1v) is 11.2. The van der Waals surface area contributed by atoms with Gasteiger partial charge in [-0.25, -0.2) is 8.42 Å². The maximum atomic E-state index is 14.0. The van der Waals surface area contributed by atoms with E-state index in [0.29, 0.717) is 25.3 Å². The number of benzene rings is 1. The molecule has 0 N–H and O–H groups in total. The van der Waals surface area contributed by atoms with Crippen LogP contribution < -0.4 is 4.31 Å². The third-order valence-electron chi connectivity index (χ3n) is 6.02. The first kappa shape index (κ1) is 19.8. The SMILES string of the molecule is Cc1ccc(N(CC(=O)C(C)(C)C)S(=O)(=O)C23CN4CN(CN(C4)C2)C3)cc1. The molecular weight excluding hydrogens is 376 g/mol. The van der Waals surface area contributed by atoms with Gasteiger partial charge in [-0.05, 0) is 19.1 Å². The van der Waals surface area contributed by atoms with Crippen LogP contribution in [0, 0.1) is 12.3 Å². The molecule has 4 aliphatic rings. The molecule has 1 aromatic carbocycles. The lowest BCUT2D eigenvalue weighted by Gasteiger charge is -2.60. The minimum absolute atomic E-state index is 0.0812. The zero-order valence-electron chi connectivity index (χ0n) is 17.2. The molecule has 5 rings (SSSR count). The summed E-state index contributed by atoms with van der Waals surface area (Å²) in [5.74, 6) is -0.0812. The normalized spacial score (nSPS) is 31.8. The molecule has 0 unspecified atom stereocenters. The Morgan fingerprint density at radius 3 is 1.89 bits per heavy atom. The van der Waals surface area contributed by atoms with Gasteiger partial charge >= 0.3 is 0 Å². The van der Waals surface area contributed by atoms with Gasteiger partial charge in [-0.1, -0.05) is 38.5 Å². The number of carbonyl (C=O) groups excluding carboxylic acids is 1. The maximum Gasteiger partial charge on any atom is 0.245 e. The van der Waals surface area contributed by atoms with Crippen LogP contribution in [0.4, 0.5) is 5.69 Å². The number of ketones is 1. The number of hydrogen-bond acceptors (Lipinski definition) is 6. The Bertz CT molecular complexity index is 838. The van der Waals surface area contributed by atoms with E-state index in [1.54, 1.807) is 0 Å². The molecular formula is C20H30N4O3S. The molecule has 4 aliphatic heterocycles. The lowest BCUT2D eigenvalue weighted by atomic mass is 9.91. The van der Waals surface area contributed by atoms with Crippen molar-refractivity contribution in [3.05, 3.63) is 29.8 Å². The monoisotopic (exact) mass is 406 g/mol. The highest BCUT2D eigenvalue weighted by Gasteiger charge is 2.58. The van der Waals surface area contributed by atoms with Crippen molar-refractivity contribution in [2.45, 2.75) is 32.4 Å². The number of Topliss-reactive ketones (excluding diaryl/α,β-unsaturated/α-hetero) is 1. The maximum absolute atomic E-state index is 14.0. The summed E-state index contributed by atoms with van der Waals surface area (Å²) < 4.78 is 28.5. The summed E-state index contributed by atoms with van der Waals surface area (Å²) in [5, 5.41) is 0. The predicted octanol–water partition coefficient (Wildman–Crippen LogP) is 1.30. The second-order valence-electron chi connectivity index (χ2n) is 9.61. The summed E-state index contributed by atoms with van der Waals surface area (Å²) >= 11 is 0. The minimum atomic E-state index is -3.75. The number of carbonyl (C=O) groups is 1. The third-order valence-corrected chi connectivity index (χ3v) is 8.42. The first-order valence-electron chi connectivity index (χ1n) is 9.80. The highest BCUT2D eigenvalue weighted by molar-refractivity contribution is 7.94. The molecule has 7 nitrogen and oxygen atoms in total. The number of nitrogens with zero attached hydrogens (tertiary/aromatic N) is 4. The second-order valence-corrected chi connectivity index (χ2v) is 11.9. The largest absolute Gasteiger partial charge is 0.297 e. The van der Waals surface area contributed by atoms with Crippen molar-refractivity contribution in [2.24, 2.45) is 5.41 Å². The fourth-order valence-corrected chi connectivity index (χ4v) is 6.72. The molecule has 1 aromatic rings. The Morgan fingerprint density at radius 1 is 1.00 bits per heavy atom. The second kappa shape index (κ2) is 6.52. The van der Waals surface area contributed by atoms with Gasteiger partial charge < -0.3 is 0 Å². The molecule has 4 fully saturated rings. The van der Waals surface area contributed by atoms with Gasteiger partial charge in [0.05, 0.1) is 32.2 Å². The highest BCUT2D eigenvalue weighted by atomic mass is 32.2. The molecule has 0 saturated carbocycles. The summed E-state index contributed by atoms with van der Waals surface area (Å²) in [6.07, 6.45) is 0. The van der Waals surface area contributed by atoms with E-state index in [0.717, 1.165) is 25.6 Å². The van der Waals surface area contributed by atoms with E-state index >= 15 is 0 Å². The molecule has 4 bridgehead atoms. The highest BCUT2D eigenvalue weighted by Crippen LogP contribution is 2.38. The van der Waals surface area contributed by atoms with Crippen molar-refractivity contribution in [1.29, 1.82) is 0 Å². The van der Waals surface area contributed by atoms with Crippen molar-refractivity contribution >= 4 is 21.5 Å². The van der Waals surface area contributed by atoms with E-state index in [1.807, 2.05) is 52.0 Å². The van der Waals surface area contributed by atoms with E-state index < -0.39 is 20.2 Å². The van der Waals surface area contributed by atoms with Crippen LogP contribution in [0.3, 0.4) is 0 Å². The van der Waals surface area contributed by atoms with E-state index in [9.17, 15) is 13.2 Å². The van der Waals surface area contributed by atoms with Crippen molar-refractivity contribution < 1.29 is 13.2 Å². The number of rotatable bonds is 5. The Balaban J connectivity index is 1.74. The van der Waals surface area contributed by atoms with Gasteiger partial charge in [0.25, 0.3) is 0 Å². The Kier molecular flexibility index (Phi) is 4.61. The Morgan fingerprint density at radius 2 is 1.46 bits per heavy atom. The topological polar surface area (TPSA) is 64.2 Å². The van der Waals surface area contributed by atoms with Gasteiger partial charge in [-0.3, -0.25) is 23.8 Å². The Labute approximate surface area is 167 Å². The van der Waals surface area contributed by atoms with Crippen molar-refractivity contribution in [3.63, 3.8) is 0 Å². The fraction of sp³-hybridized carbons (Fsp3) is 0.650. The van der Waals surface area contributed by atoms with Crippen LogP contribution in [0.1, 0.15) is 26.3 Å². The molecule has 154 valence electrons. The van der Waals surface area contributed by atoms with Crippen LogP contribution in [0.5, 0.6) is 0 Å². The summed E-state index contributed by atoms with van der Waals surface area (Å²) in [6, 6.07) is 7.42. The molecule has 8 heteroatoms. The van der Waals surface area contributed by atoms with E-state index in [1.165, 1.54) is 4.31 Å². The van der Waals surface area contributed by atoms with Crippen LogP contribution in [0.25, 0.3) is 0 Å². The van der Waals surface area contributed by atoms with Gasteiger partial charge in [0, 0.05) is 25.0 Å². The zero-order valence-corrected chi connectivity index (χ0v) is 18.0. The predicted molar refractivity (Wildman–Crippen MR) is 109 cm³/mol. The molecule has 0 spiro atoms. The molecule has 4 saturated heterocycles. The van der Waals surface area contributed by atoms with Crippen molar-refractivity contribution in [2.75, 3.05) is 50.5 Å². The zero-order chi connectivity index (χ0) is 20.3. The smallest absolute Gasteiger partial charge is 0.245 e. The average molecular weight is 407 g/mol. The fourth-order valence-electron chi connectivity index (χ4n) is 4.53. The summed E-state index contributed by atoms with van der Waals surface area (Å²) in [5.41, 5.74) is 1.02. The molecule has 0 aromatic heterocycles. The minimum Gasteiger partial charge on any atom is -0.297 e. The molecule has 0 atom stereocenters. The average Bonchev–Trinajstić information content (AvgIpc) is 2.58. The van der Waals surface area contributed by atoms with Crippen LogP contribution in [-0.2, 0) is 14.8 Å².